The van der Waals surface area contributed by atoms with Crippen LogP contribution in [0.2, 0.25) is 0 Å². The Bertz CT molecular complexity index is 1500. The number of benzene rings is 3. The van der Waals surface area contributed by atoms with Crippen LogP contribution in [-0.4, -0.2) is 56.5 Å². The molecule has 3 rings (SSSR count). The number of hydrogen-bond donors (Lipinski definition) is 2. The van der Waals surface area contributed by atoms with E-state index >= 15 is 0 Å². The minimum Gasteiger partial charge on any atom is -0.496 e. The van der Waals surface area contributed by atoms with Crippen LogP contribution in [0.5, 0.6) is 23.0 Å². The SMILES string of the molecule is COc1cc(OC)c(CNC(=O)[C@@H](Cc2ccc(OCc3ccccc3)cc2)C[C@H](NC(=O)OC(C)(C)C)C(=O)OC(C)(C)C)c(OC)c1. The minimum atomic E-state index is -1.18. The molecule has 0 aliphatic heterocycles. The predicted octanol–water partition coefficient (Wildman–Crippen LogP) is 6.39. The lowest BCUT2D eigenvalue weighted by atomic mass is 9.91. The number of esters is 1. The molecule has 3 aromatic carbocycles. The van der Waals surface area contributed by atoms with E-state index in [4.69, 9.17) is 28.4 Å². The van der Waals surface area contributed by atoms with E-state index in [-0.39, 0.29) is 25.3 Å². The third-order valence-corrected chi connectivity index (χ3v) is 7.18. The third-order valence-electron chi connectivity index (χ3n) is 7.18. The standard InChI is InChI=1S/C38H50N2O9/c1-37(2,3)48-35(42)31(40-36(43)49-38(4,5)6)20-27(19-25-15-17-28(18-16-25)47-24-26-13-11-10-12-14-26)34(41)39-23-30-32(45-8)21-29(44-7)22-33(30)46-9/h10-18,21-22,27,31H,19-20,23-24H2,1-9H3,(H,39,41)(H,40,43)/t27-,31-/m0/s1. The Balaban J connectivity index is 1.89. The highest BCUT2D eigenvalue weighted by Crippen LogP contribution is 2.34. The Hall–Kier alpha value is -4.93. The van der Waals surface area contributed by atoms with Gasteiger partial charge in [-0.15, -0.1) is 0 Å². The number of carbonyl (C=O) groups excluding carboxylic acids is 3. The predicted molar refractivity (Wildman–Crippen MR) is 186 cm³/mol. The Morgan fingerprint density at radius 3 is 1.84 bits per heavy atom. The summed E-state index contributed by atoms with van der Waals surface area (Å²) in [4.78, 5) is 40.3. The minimum absolute atomic E-state index is 0.0640. The molecule has 2 amide bonds. The van der Waals surface area contributed by atoms with Crippen molar-refractivity contribution in [3.63, 3.8) is 0 Å². The molecule has 0 unspecified atom stereocenters. The van der Waals surface area contributed by atoms with Crippen molar-refractivity contribution in [2.24, 2.45) is 5.92 Å². The second-order valence-electron chi connectivity index (χ2n) is 13.5. The van der Waals surface area contributed by atoms with Crippen molar-refractivity contribution in [1.82, 2.24) is 10.6 Å². The normalized spacial score (nSPS) is 12.6. The second kappa shape index (κ2) is 17.5. The van der Waals surface area contributed by atoms with Crippen molar-refractivity contribution in [2.45, 2.75) is 84.8 Å². The van der Waals surface area contributed by atoms with Gasteiger partial charge in [-0.05, 0) is 77.6 Å². The van der Waals surface area contributed by atoms with Gasteiger partial charge in [-0.1, -0.05) is 42.5 Å². The summed E-state index contributed by atoms with van der Waals surface area (Å²) in [7, 11) is 4.57. The van der Waals surface area contributed by atoms with Gasteiger partial charge in [-0.2, -0.15) is 0 Å². The van der Waals surface area contributed by atoms with Crippen molar-refractivity contribution in [3.05, 3.63) is 83.4 Å². The van der Waals surface area contributed by atoms with E-state index in [1.807, 2.05) is 54.6 Å². The molecule has 0 bridgehead atoms. The maximum atomic E-state index is 14.0. The first-order valence-corrected chi connectivity index (χ1v) is 16.2. The summed E-state index contributed by atoms with van der Waals surface area (Å²) in [5, 5.41) is 5.62. The lowest BCUT2D eigenvalue weighted by Gasteiger charge is -2.28. The summed E-state index contributed by atoms with van der Waals surface area (Å²) >= 11 is 0. The molecule has 0 radical (unpaired) electrons. The second-order valence-corrected chi connectivity index (χ2v) is 13.5. The number of amides is 2. The van der Waals surface area contributed by atoms with Crippen LogP contribution in [0.25, 0.3) is 0 Å². The van der Waals surface area contributed by atoms with Crippen molar-refractivity contribution < 1.29 is 42.8 Å². The average molecular weight is 679 g/mol. The highest BCUT2D eigenvalue weighted by molar-refractivity contribution is 5.84. The smallest absolute Gasteiger partial charge is 0.408 e. The molecule has 0 heterocycles. The first kappa shape index (κ1) is 38.5. The van der Waals surface area contributed by atoms with Crippen LogP contribution in [0.15, 0.2) is 66.7 Å². The van der Waals surface area contributed by atoms with E-state index in [2.05, 4.69) is 10.6 Å². The Kier molecular flexibility index (Phi) is 13.7. The van der Waals surface area contributed by atoms with Gasteiger partial charge in [0.1, 0.15) is 46.8 Å². The van der Waals surface area contributed by atoms with E-state index in [1.165, 1.54) is 21.3 Å². The van der Waals surface area contributed by atoms with Gasteiger partial charge in [-0.25, -0.2) is 9.59 Å². The fourth-order valence-electron chi connectivity index (χ4n) is 4.92. The third kappa shape index (κ3) is 12.9. The van der Waals surface area contributed by atoms with Crippen molar-refractivity contribution >= 4 is 18.0 Å². The number of hydrogen-bond acceptors (Lipinski definition) is 9. The monoisotopic (exact) mass is 678 g/mol. The molecule has 2 N–H and O–H groups in total. The quantitative estimate of drug-likeness (QED) is 0.176. The van der Waals surface area contributed by atoms with E-state index in [9.17, 15) is 14.4 Å². The zero-order chi connectivity index (χ0) is 36.2. The largest absolute Gasteiger partial charge is 0.496 e. The summed E-state index contributed by atoms with van der Waals surface area (Å²) in [6.45, 7) is 10.8. The Morgan fingerprint density at radius 2 is 1.31 bits per heavy atom. The highest BCUT2D eigenvalue weighted by atomic mass is 16.6. The van der Waals surface area contributed by atoms with Crippen molar-refractivity contribution in [1.29, 1.82) is 0 Å². The topological polar surface area (TPSA) is 131 Å². The number of alkyl carbamates (subject to hydrolysis) is 1. The number of nitrogens with one attached hydrogen (secondary N) is 2. The maximum absolute atomic E-state index is 14.0. The molecule has 266 valence electrons. The molecular formula is C38H50N2O9. The van der Waals surface area contributed by atoms with E-state index in [0.29, 0.717) is 35.2 Å². The summed E-state index contributed by atoms with van der Waals surface area (Å²) < 4.78 is 33.5. The van der Waals surface area contributed by atoms with Crippen LogP contribution in [0.3, 0.4) is 0 Å². The van der Waals surface area contributed by atoms with Gasteiger partial charge in [0.25, 0.3) is 0 Å². The van der Waals surface area contributed by atoms with Gasteiger partial charge in [-0.3, -0.25) is 4.79 Å². The molecule has 2 atom stereocenters. The molecule has 0 fully saturated rings. The number of carbonyl (C=O) groups is 3. The van der Waals surface area contributed by atoms with Crippen molar-refractivity contribution in [3.8, 4) is 23.0 Å². The van der Waals surface area contributed by atoms with Gasteiger partial charge in [0.2, 0.25) is 5.91 Å². The number of ether oxygens (including phenoxy) is 6. The molecule has 3 aromatic rings. The lowest BCUT2D eigenvalue weighted by molar-refractivity contribution is -0.158. The molecule has 0 aliphatic carbocycles. The molecule has 49 heavy (non-hydrogen) atoms. The molecule has 11 heteroatoms. The Labute approximate surface area is 289 Å². The molecule has 0 saturated heterocycles. The first-order chi connectivity index (χ1) is 23.1. The van der Waals surface area contributed by atoms with Gasteiger partial charge >= 0.3 is 12.1 Å². The Morgan fingerprint density at radius 1 is 0.714 bits per heavy atom. The van der Waals surface area contributed by atoms with E-state index in [1.54, 1.807) is 53.7 Å². The van der Waals surface area contributed by atoms with Gasteiger partial charge in [0.05, 0.1) is 33.4 Å². The van der Waals surface area contributed by atoms with Crippen LogP contribution in [0.4, 0.5) is 4.79 Å². The molecule has 0 saturated carbocycles. The molecule has 0 aliphatic rings. The first-order valence-electron chi connectivity index (χ1n) is 16.2. The molecule has 0 spiro atoms. The summed E-state index contributed by atoms with van der Waals surface area (Å²) in [5.74, 6) is 0.327. The number of methoxy groups -OCH3 is 3. The van der Waals surface area contributed by atoms with Crippen LogP contribution >= 0.6 is 0 Å². The highest BCUT2D eigenvalue weighted by Gasteiger charge is 2.33. The van der Waals surface area contributed by atoms with Crippen LogP contribution < -0.4 is 29.6 Å². The fraction of sp³-hybridized carbons (Fsp3) is 0.447. The molecule has 0 aromatic heterocycles. The van der Waals surface area contributed by atoms with Crippen molar-refractivity contribution in [2.75, 3.05) is 21.3 Å². The number of rotatable bonds is 15. The average Bonchev–Trinajstić information content (AvgIpc) is 3.04. The molecule has 11 nitrogen and oxygen atoms in total. The van der Waals surface area contributed by atoms with Crippen LogP contribution in [0, 0.1) is 5.92 Å². The summed E-state index contributed by atoms with van der Waals surface area (Å²) in [6.07, 6.45) is -0.616. The van der Waals surface area contributed by atoms with Gasteiger partial charge in [0.15, 0.2) is 0 Å². The lowest BCUT2D eigenvalue weighted by Crippen LogP contribution is -2.48. The zero-order valence-corrected chi connectivity index (χ0v) is 30.0. The van der Waals surface area contributed by atoms with E-state index in [0.717, 1.165) is 11.1 Å². The zero-order valence-electron chi connectivity index (χ0n) is 30.0. The fourth-order valence-corrected chi connectivity index (χ4v) is 4.92. The van der Waals surface area contributed by atoms with Gasteiger partial charge in [0, 0.05) is 18.1 Å². The van der Waals surface area contributed by atoms with E-state index < -0.39 is 35.2 Å². The summed E-state index contributed by atoms with van der Waals surface area (Å²) in [6, 6.07) is 19.5. The van der Waals surface area contributed by atoms with Crippen LogP contribution in [-0.2, 0) is 38.6 Å². The molecular weight excluding hydrogens is 628 g/mol. The maximum Gasteiger partial charge on any atom is 0.408 e. The van der Waals surface area contributed by atoms with Gasteiger partial charge < -0.3 is 39.1 Å². The van der Waals surface area contributed by atoms with Crippen LogP contribution in [0.1, 0.15) is 64.7 Å². The summed E-state index contributed by atoms with van der Waals surface area (Å²) in [5.41, 5.74) is 0.833.